The summed E-state index contributed by atoms with van der Waals surface area (Å²) in [5.74, 6) is 0.863. The Kier molecular flexibility index (Phi) is 3.93. The lowest BCUT2D eigenvalue weighted by Crippen LogP contribution is -1.90. The zero-order chi connectivity index (χ0) is 12.3. The van der Waals surface area contributed by atoms with Gasteiger partial charge in [-0.05, 0) is 41.8 Å². The molecule has 0 bridgehead atoms. The summed E-state index contributed by atoms with van der Waals surface area (Å²) in [5.41, 5.74) is 2.32. The van der Waals surface area contributed by atoms with Gasteiger partial charge in [0.1, 0.15) is 5.75 Å². The Morgan fingerprint density at radius 3 is 2.41 bits per heavy atom. The Morgan fingerprint density at radius 2 is 1.71 bits per heavy atom. The van der Waals surface area contributed by atoms with Gasteiger partial charge in [0, 0.05) is 0 Å². The molecule has 0 radical (unpaired) electrons. The zero-order valence-corrected chi connectivity index (χ0v) is 10.9. The molecular weight excluding hydrogens is 255 g/mol. The Bertz CT molecular complexity index is 523. The molecule has 88 valence electrons. The molecule has 0 fully saturated rings. The summed E-state index contributed by atoms with van der Waals surface area (Å²) >= 11 is 11.9. The first-order valence-electron chi connectivity index (χ1n) is 5.26. The van der Waals surface area contributed by atoms with Gasteiger partial charge in [0.2, 0.25) is 0 Å². The summed E-state index contributed by atoms with van der Waals surface area (Å²) in [5, 5.41) is 1.17. The van der Waals surface area contributed by atoms with Crippen LogP contribution in [0.15, 0.2) is 42.5 Å². The fourth-order valence-electron chi connectivity index (χ4n) is 1.67. The van der Waals surface area contributed by atoms with Crippen LogP contribution in [0, 0.1) is 0 Å². The van der Waals surface area contributed by atoms with Crippen molar-refractivity contribution in [2.45, 2.75) is 6.42 Å². The molecular formula is C14H12Cl2O. The number of hydrogen-bond acceptors (Lipinski definition) is 1. The van der Waals surface area contributed by atoms with Crippen LogP contribution >= 0.6 is 23.2 Å². The van der Waals surface area contributed by atoms with E-state index in [-0.39, 0.29) is 0 Å². The molecule has 0 heterocycles. The molecule has 0 saturated heterocycles. The second-order valence-electron chi connectivity index (χ2n) is 3.78. The van der Waals surface area contributed by atoms with Gasteiger partial charge in [0.25, 0.3) is 0 Å². The molecule has 2 aromatic carbocycles. The summed E-state index contributed by atoms with van der Waals surface area (Å²) < 4.78 is 5.19. The third-order valence-corrected chi connectivity index (χ3v) is 3.27. The Balaban J connectivity index is 2.22. The highest BCUT2D eigenvalue weighted by Gasteiger charge is 2.02. The third-order valence-electron chi connectivity index (χ3n) is 2.53. The van der Waals surface area contributed by atoms with Crippen molar-refractivity contribution in [2.75, 3.05) is 7.11 Å². The van der Waals surface area contributed by atoms with Gasteiger partial charge in [0.15, 0.2) is 0 Å². The largest absolute Gasteiger partial charge is 0.497 e. The van der Waals surface area contributed by atoms with Crippen LogP contribution in [0.1, 0.15) is 11.1 Å². The number of ether oxygens (including phenoxy) is 1. The van der Waals surface area contributed by atoms with Crippen LogP contribution in [-0.2, 0) is 6.42 Å². The van der Waals surface area contributed by atoms with Crippen LogP contribution in [0.2, 0.25) is 10.0 Å². The van der Waals surface area contributed by atoms with Crippen LogP contribution < -0.4 is 4.74 Å². The molecule has 0 amide bonds. The van der Waals surface area contributed by atoms with Gasteiger partial charge in [-0.3, -0.25) is 0 Å². The summed E-state index contributed by atoms with van der Waals surface area (Å²) in [7, 11) is 1.66. The van der Waals surface area contributed by atoms with E-state index in [1.807, 2.05) is 36.4 Å². The van der Waals surface area contributed by atoms with Gasteiger partial charge >= 0.3 is 0 Å². The molecule has 0 atom stereocenters. The summed E-state index contributed by atoms with van der Waals surface area (Å²) in [6, 6.07) is 13.7. The van der Waals surface area contributed by atoms with Crippen LogP contribution in [0.25, 0.3) is 0 Å². The summed E-state index contributed by atoms with van der Waals surface area (Å²) in [4.78, 5) is 0. The van der Waals surface area contributed by atoms with Crippen LogP contribution in [0.3, 0.4) is 0 Å². The van der Waals surface area contributed by atoms with E-state index in [9.17, 15) is 0 Å². The fourth-order valence-corrected chi connectivity index (χ4v) is 1.99. The third kappa shape index (κ3) is 3.15. The highest BCUT2D eigenvalue weighted by atomic mass is 35.5. The number of rotatable bonds is 3. The van der Waals surface area contributed by atoms with Gasteiger partial charge in [-0.25, -0.2) is 0 Å². The molecule has 3 heteroatoms. The number of halogens is 2. The average Bonchev–Trinajstić information content (AvgIpc) is 2.34. The van der Waals surface area contributed by atoms with Crippen molar-refractivity contribution >= 4 is 23.2 Å². The molecule has 2 rings (SSSR count). The first kappa shape index (κ1) is 12.3. The van der Waals surface area contributed by atoms with E-state index in [0.29, 0.717) is 10.0 Å². The van der Waals surface area contributed by atoms with Gasteiger partial charge in [0.05, 0.1) is 17.2 Å². The van der Waals surface area contributed by atoms with Crippen molar-refractivity contribution < 1.29 is 4.74 Å². The highest BCUT2D eigenvalue weighted by Crippen LogP contribution is 2.24. The van der Waals surface area contributed by atoms with E-state index < -0.39 is 0 Å². The quantitative estimate of drug-likeness (QED) is 0.790. The van der Waals surface area contributed by atoms with E-state index in [1.54, 1.807) is 7.11 Å². The number of benzene rings is 2. The Hall–Kier alpha value is -1.18. The van der Waals surface area contributed by atoms with E-state index in [0.717, 1.165) is 17.7 Å². The van der Waals surface area contributed by atoms with E-state index in [1.165, 1.54) is 5.56 Å². The van der Waals surface area contributed by atoms with Crippen LogP contribution in [-0.4, -0.2) is 7.11 Å². The molecule has 0 saturated carbocycles. The minimum absolute atomic E-state index is 0.584. The molecule has 0 aliphatic rings. The Labute approximate surface area is 111 Å². The normalized spacial score (nSPS) is 10.3. The number of hydrogen-bond donors (Lipinski definition) is 0. The molecule has 0 unspecified atom stereocenters. The lowest BCUT2D eigenvalue weighted by molar-refractivity contribution is 0.414. The zero-order valence-electron chi connectivity index (χ0n) is 9.41. The fraction of sp³-hybridized carbons (Fsp3) is 0.143. The van der Waals surface area contributed by atoms with Crippen molar-refractivity contribution in [3.8, 4) is 5.75 Å². The standard InChI is InChI=1S/C14H12Cl2O/c1-17-12-4-2-3-10(8-12)7-11-5-6-13(15)14(16)9-11/h2-6,8-9H,7H2,1H3. The Morgan fingerprint density at radius 1 is 0.941 bits per heavy atom. The van der Waals surface area contributed by atoms with Crippen molar-refractivity contribution in [3.63, 3.8) is 0 Å². The van der Waals surface area contributed by atoms with Crippen molar-refractivity contribution in [1.82, 2.24) is 0 Å². The predicted molar refractivity (Wildman–Crippen MR) is 72.3 cm³/mol. The van der Waals surface area contributed by atoms with Gasteiger partial charge in [-0.1, -0.05) is 41.4 Å². The van der Waals surface area contributed by atoms with Gasteiger partial charge in [-0.2, -0.15) is 0 Å². The maximum absolute atomic E-state index is 5.98. The maximum Gasteiger partial charge on any atom is 0.119 e. The monoisotopic (exact) mass is 266 g/mol. The van der Waals surface area contributed by atoms with Crippen LogP contribution in [0.5, 0.6) is 5.75 Å². The van der Waals surface area contributed by atoms with Gasteiger partial charge < -0.3 is 4.74 Å². The minimum atomic E-state index is 0.584. The molecule has 0 N–H and O–H groups in total. The first-order valence-corrected chi connectivity index (χ1v) is 6.01. The molecule has 2 aromatic rings. The summed E-state index contributed by atoms with van der Waals surface area (Å²) in [6.07, 6.45) is 0.814. The van der Waals surface area contributed by atoms with E-state index in [4.69, 9.17) is 27.9 Å². The highest BCUT2D eigenvalue weighted by molar-refractivity contribution is 6.42. The first-order chi connectivity index (χ1) is 8.19. The molecule has 0 aliphatic heterocycles. The smallest absolute Gasteiger partial charge is 0.119 e. The molecule has 0 spiro atoms. The topological polar surface area (TPSA) is 9.23 Å². The maximum atomic E-state index is 5.98. The lowest BCUT2D eigenvalue weighted by atomic mass is 10.1. The van der Waals surface area contributed by atoms with Crippen molar-refractivity contribution in [2.24, 2.45) is 0 Å². The van der Waals surface area contributed by atoms with E-state index in [2.05, 4.69) is 6.07 Å². The molecule has 1 nitrogen and oxygen atoms in total. The minimum Gasteiger partial charge on any atom is -0.497 e. The lowest BCUT2D eigenvalue weighted by Gasteiger charge is -2.05. The number of methoxy groups -OCH3 is 1. The van der Waals surface area contributed by atoms with Crippen molar-refractivity contribution in [1.29, 1.82) is 0 Å². The molecule has 17 heavy (non-hydrogen) atoms. The van der Waals surface area contributed by atoms with Crippen LogP contribution in [0.4, 0.5) is 0 Å². The average molecular weight is 267 g/mol. The molecule has 0 aliphatic carbocycles. The summed E-state index contributed by atoms with van der Waals surface area (Å²) in [6.45, 7) is 0. The van der Waals surface area contributed by atoms with E-state index >= 15 is 0 Å². The van der Waals surface area contributed by atoms with Crippen molar-refractivity contribution in [3.05, 3.63) is 63.6 Å². The van der Waals surface area contributed by atoms with Gasteiger partial charge in [-0.15, -0.1) is 0 Å². The predicted octanol–water partition coefficient (Wildman–Crippen LogP) is 4.59. The second-order valence-corrected chi connectivity index (χ2v) is 4.59. The SMILES string of the molecule is COc1cccc(Cc2ccc(Cl)c(Cl)c2)c1. The molecule has 0 aromatic heterocycles. The second kappa shape index (κ2) is 5.44.